The quantitative estimate of drug-likeness (QED) is 0.314. The molecule has 1 aromatic rings. The van der Waals surface area contributed by atoms with Gasteiger partial charge in [-0.25, -0.2) is 4.79 Å². The molecule has 2 amide bonds. The van der Waals surface area contributed by atoms with Crippen molar-refractivity contribution in [2.45, 2.75) is 93.0 Å². The van der Waals surface area contributed by atoms with Crippen LogP contribution in [0.5, 0.6) is 0 Å². The van der Waals surface area contributed by atoms with Crippen molar-refractivity contribution in [2.24, 2.45) is 5.92 Å². The number of likely N-dealkylation sites (tertiary alicyclic amines) is 1. The van der Waals surface area contributed by atoms with Gasteiger partial charge in [-0.05, 0) is 37.3 Å². The van der Waals surface area contributed by atoms with Crippen molar-refractivity contribution < 1.29 is 33.4 Å². The Balaban J connectivity index is 0.000000680. The lowest BCUT2D eigenvalue weighted by Gasteiger charge is -2.25. The first kappa shape index (κ1) is 34.8. The van der Waals surface area contributed by atoms with Crippen LogP contribution < -0.4 is 0 Å². The van der Waals surface area contributed by atoms with Crippen LogP contribution in [0.1, 0.15) is 79.8 Å². The van der Waals surface area contributed by atoms with Crippen LogP contribution in [0.3, 0.4) is 0 Å². The minimum atomic E-state index is -0.887. The molecule has 10 heteroatoms. The van der Waals surface area contributed by atoms with Gasteiger partial charge in [-0.15, -0.1) is 0 Å². The highest BCUT2D eigenvalue weighted by atomic mass is 16.7. The monoisotopic (exact) mass is 537 g/mol. The number of nitrogens with zero attached hydrogens (tertiary/aromatic N) is 3. The van der Waals surface area contributed by atoms with E-state index in [-0.39, 0.29) is 17.8 Å². The van der Waals surface area contributed by atoms with E-state index in [1.54, 1.807) is 13.2 Å². The molecule has 1 saturated heterocycles. The summed E-state index contributed by atoms with van der Waals surface area (Å²) in [4.78, 5) is 53.4. The van der Waals surface area contributed by atoms with E-state index in [2.05, 4.69) is 4.98 Å². The Kier molecular flexibility index (Phi) is 18.2. The second-order valence-corrected chi connectivity index (χ2v) is 8.99. The van der Waals surface area contributed by atoms with E-state index < -0.39 is 24.5 Å². The number of hydrogen-bond donors (Lipinski definition) is 0. The molecule has 2 unspecified atom stereocenters. The molecule has 0 aromatic carbocycles. The molecule has 1 fully saturated rings. The molecular weight excluding hydrogens is 490 g/mol. The number of carbonyl (C=O) groups excluding carboxylic acids is 4. The number of aromatic nitrogens is 1. The predicted octanol–water partition coefficient (Wildman–Crippen LogP) is 4.60. The Labute approximate surface area is 228 Å². The highest BCUT2D eigenvalue weighted by Crippen LogP contribution is 2.16. The van der Waals surface area contributed by atoms with Gasteiger partial charge in [0.1, 0.15) is 0 Å². The van der Waals surface area contributed by atoms with E-state index in [0.29, 0.717) is 19.4 Å². The van der Waals surface area contributed by atoms with Crippen LogP contribution in [0.25, 0.3) is 0 Å². The van der Waals surface area contributed by atoms with E-state index in [0.717, 1.165) is 38.0 Å². The number of ether oxygens (including phenoxy) is 3. The summed E-state index contributed by atoms with van der Waals surface area (Å²) in [7, 11) is 1.62. The number of rotatable bonds is 10. The molecule has 0 saturated carbocycles. The lowest BCUT2D eigenvalue weighted by atomic mass is 10.1. The van der Waals surface area contributed by atoms with Crippen molar-refractivity contribution in [3.63, 3.8) is 0 Å². The Hall–Kier alpha value is -3.17. The molecule has 1 aliphatic rings. The average Bonchev–Trinajstić information content (AvgIpc) is 3.42. The first-order valence-corrected chi connectivity index (χ1v) is 13.5. The average molecular weight is 538 g/mol. The first-order valence-electron chi connectivity index (χ1n) is 13.5. The summed E-state index contributed by atoms with van der Waals surface area (Å²) in [5.41, 5.74) is 0.898. The standard InChI is InChI=1S/C13H18N2O4.C13H23NO3.C2H6/c1-10(16)18-11(2)19-13(17)15(3)9-7-12-6-4-5-8-14-12;1-4-7-11(15)17-12(10(2)3)13(16)14-8-5-6-9-14;1-2/h4-6,8,11H,7,9H2,1-3H3;10,12H,4-9H2,1-3H3;1-2H3. The van der Waals surface area contributed by atoms with Gasteiger partial charge in [-0.1, -0.05) is 40.7 Å². The normalized spacial score (nSPS) is 13.7. The van der Waals surface area contributed by atoms with E-state index in [1.807, 2.05) is 57.7 Å². The van der Waals surface area contributed by atoms with Gasteiger partial charge in [0.2, 0.25) is 6.29 Å². The lowest BCUT2D eigenvalue weighted by molar-refractivity contribution is -0.163. The minimum Gasteiger partial charge on any atom is -0.452 e. The summed E-state index contributed by atoms with van der Waals surface area (Å²) >= 11 is 0. The highest BCUT2D eigenvalue weighted by Gasteiger charge is 2.31. The molecule has 0 N–H and O–H groups in total. The third-order valence-electron chi connectivity index (χ3n) is 5.32. The summed E-state index contributed by atoms with van der Waals surface area (Å²) < 4.78 is 14.9. The second-order valence-electron chi connectivity index (χ2n) is 8.99. The molecule has 0 spiro atoms. The van der Waals surface area contributed by atoms with Crippen molar-refractivity contribution >= 4 is 23.9 Å². The van der Waals surface area contributed by atoms with Crippen LogP contribution in [-0.4, -0.2) is 77.8 Å². The molecule has 0 bridgehead atoms. The molecule has 2 heterocycles. The van der Waals surface area contributed by atoms with E-state index >= 15 is 0 Å². The zero-order chi connectivity index (χ0) is 29.1. The number of likely N-dealkylation sites (N-methyl/N-ethyl adjacent to an activating group) is 1. The van der Waals surface area contributed by atoms with Crippen LogP contribution in [0.2, 0.25) is 0 Å². The predicted molar refractivity (Wildman–Crippen MR) is 145 cm³/mol. The maximum absolute atomic E-state index is 12.2. The fourth-order valence-electron chi connectivity index (χ4n) is 3.40. The van der Waals surface area contributed by atoms with Gasteiger partial charge in [-0.3, -0.25) is 19.4 Å². The van der Waals surface area contributed by atoms with Crippen LogP contribution in [0.15, 0.2) is 24.4 Å². The number of amides is 2. The lowest BCUT2D eigenvalue weighted by Crippen LogP contribution is -2.42. The molecule has 2 atom stereocenters. The zero-order valence-corrected chi connectivity index (χ0v) is 24.4. The number of pyridine rings is 1. The SMILES string of the molecule is CC.CC(=O)OC(C)OC(=O)N(C)CCc1ccccn1.CCCC(=O)OC(C(=O)N1CCCC1)C(C)C. The number of hydrogen-bond acceptors (Lipinski definition) is 8. The van der Waals surface area contributed by atoms with Gasteiger partial charge in [0.25, 0.3) is 5.91 Å². The molecular formula is C28H47N3O7. The van der Waals surface area contributed by atoms with E-state index in [4.69, 9.17) is 14.2 Å². The van der Waals surface area contributed by atoms with Crippen molar-refractivity contribution in [1.82, 2.24) is 14.8 Å². The van der Waals surface area contributed by atoms with Gasteiger partial charge >= 0.3 is 18.0 Å². The van der Waals surface area contributed by atoms with Gasteiger partial charge < -0.3 is 24.0 Å². The first-order chi connectivity index (χ1) is 18.0. The summed E-state index contributed by atoms with van der Waals surface area (Å²) in [6, 6.07) is 5.62. The van der Waals surface area contributed by atoms with Crippen LogP contribution in [-0.2, 0) is 35.0 Å². The zero-order valence-electron chi connectivity index (χ0n) is 24.4. The highest BCUT2D eigenvalue weighted by molar-refractivity contribution is 5.84. The van der Waals surface area contributed by atoms with Crippen molar-refractivity contribution in [1.29, 1.82) is 0 Å². The molecule has 0 aliphatic carbocycles. The number of esters is 2. The fourth-order valence-corrected chi connectivity index (χ4v) is 3.40. The Bertz CT molecular complexity index is 827. The Morgan fingerprint density at radius 1 is 1.03 bits per heavy atom. The van der Waals surface area contributed by atoms with Gasteiger partial charge in [0.15, 0.2) is 6.10 Å². The third-order valence-corrected chi connectivity index (χ3v) is 5.32. The molecule has 2 rings (SSSR count). The smallest absolute Gasteiger partial charge is 0.412 e. The Morgan fingerprint density at radius 3 is 2.16 bits per heavy atom. The minimum absolute atomic E-state index is 0.0260. The van der Waals surface area contributed by atoms with E-state index in [1.165, 1.54) is 18.7 Å². The summed E-state index contributed by atoms with van der Waals surface area (Å²) in [6.45, 7) is 14.6. The maximum atomic E-state index is 12.2. The molecule has 1 aromatic heterocycles. The Morgan fingerprint density at radius 2 is 1.66 bits per heavy atom. The van der Waals surface area contributed by atoms with Crippen molar-refractivity contribution in [2.75, 3.05) is 26.7 Å². The van der Waals surface area contributed by atoms with Gasteiger partial charge in [-0.2, -0.15) is 0 Å². The molecule has 10 nitrogen and oxygen atoms in total. The summed E-state index contributed by atoms with van der Waals surface area (Å²) in [5, 5.41) is 0. The van der Waals surface area contributed by atoms with Crippen molar-refractivity contribution in [3.05, 3.63) is 30.1 Å². The topological polar surface area (TPSA) is 115 Å². The number of carbonyl (C=O) groups is 4. The van der Waals surface area contributed by atoms with Gasteiger partial charge in [0, 0.05) is 65.3 Å². The molecule has 38 heavy (non-hydrogen) atoms. The summed E-state index contributed by atoms with van der Waals surface area (Å²) in [5.74, 6) is -0.749. The second kappa shape index (κ2) is 19.9. The van der Waals surface area contributed by atoms with E-state index in [9.17, 15) is 19.2 Å². The van der Waals surface area contributed by atoms with Crippen LogP contribution in [0.4, 0.5) is 4.79 Å². The maximum Gasteiger partial charge on any atom is 0.412 e. The molecule has 216 valence electrons. The summed E-state index contributed by atoms with van der Waals surface area (Å²) in [6.07, 6.45) is 3.56. The van der Waals surface area contributed by atoms with Crippen LogP contribution >= 0.6 is 0 Å². The molecule has 0 radical (unpaired) electrons. The third kappa shape index (κ3) is 14.5. The largest absolute Gasteiger partial charge is 0.452 e. The van der Waals surface area contributed by atoms with Crippen molar-refractivity contribution in [3.8, 4) is 0 Å². The van der Waals surface area contributed by atoms with Gasteiger partial charge in [0.05, 0.1) is 0 Å². The fraction of sp³-hybridized carbons (Fsp3) is 0.679. The molecule has 1 aliphatic heterocycles. The van der Waals surface area contributed by atoms with Crippen LogP contribution in [0, 0.1) is 5.92 Å².